The van der Waals surface area contributed by atoms with Gasteiger partial charge in [-0.25, -0.2) is 4.98 Å². The molecule has 0 aromatic carbocycles. The number of anilines is 1. The average Bonchev–Trinajstić information content (AvgIpc) is 2.68. The molecule has 0 atom stereocenters. The van der Waals surface area contributed by atoms with Gasteiger partial charge in [-0.05, 0) is 38.0 Å². The molecule has 1 amide bonds. The molecule has 1 N–H and O–H groups in total. The standard InChI is InChI=1S/C13H20N2OS/c1-9(2)7-8-12(16)15-13-14-10-5-3-4-6-11(10)17-13/h9H,3-8H2,1-2H3,(H,14,15,16). The molecule has 0 bridgehead atoms. The van der Waals surface area contributed by atoms with Crippen LogP contribution in [0.25, 0.3) is 0 Å². The zero-order chi connectivity index (χ0) is 12.3. The van der Waals surface area contributed by atoms with E-state index in [-0.39, 0.29) is 5.91 Å². The van der Waals surface area contributed by atoms with Crippen molar-refractivity contribution in [2.75, 3.05) is 5.32 Å². The Morgan fingerprint density at radius 1 is 1.41 bits per heavy atom. The fraction of sp³-hybridized carbons (Fsp3) is 0.692. The molecule has 1 aromatic heterocycles. The molecule has 0 fully saturated rings. The molecule has 94 valence electrons. The first-order valence-electron chi connectivity index (χ1n) is 6.43. The Morgan fingerprint density at radius 3 is 2.88 bits per heavy atom. The summed E-state index contributed by atoms with van der Waals surface area (Å²) in [4.78, 5) is 17.6. The van der Waals surface area contributed by atoms with Crippen LogP contribution in [0.1, 0.15) is 50.1 Å². The molecule has 0 spiro atoms. The largest absolute Gasteiger partial charge is 0.302 e. The van der Waals surface area contributed by atoms with E-state index < -0.39 is 0 Å². The van der Waals surface area contributed by atoms with Crippen LogP contribution in [0.5, 0.6) is 0 Å². The molecule has 17 heavy (non-hydrogen) atoms. The molecule has 1 aliphatic rings. The third-order valence-electron chi connectivity index (χ3n) is 3.04. The van der Waals surface area contributed by atoms with Crippen molar-refractivity contribution < 1.29 is 4.79 Å². The zero-order valence-corrected chi connectivity index (χ0v) is 11.4. The first-order valence-corrected chi connectivity index (χ1v) is 7.25. The molecule has 0 unspecified atom stereocenters. The predicted octanol–water partition coefficient (Wildman–Crippen LogP) is 3.40. The van der Waals surface area contributed by atoms with Crippen LogP contribution in [0.3, 0.4) is 0 Å². The van der Waals surface area contributed by atoms with Gasteiger partial charge >= 0.3 is 0 Å². The van der Waals surface area contributed by atoms with E-state index in [4.69, 9.17) is 0 Å². The third-order valence-corrected chi connectivity index (χ3v) is 4.11. The topological polar surface area (TPSA) is 42.0 Å². The second-order valence-electron chi connectivity index (χ2n) is 5.08. The number of fused-ring (bicyclic) bond motifs is 1. The van der Waals surface area contributed by atoms with Crippen LogP contribution in [-0.4, -0.2) is 10.9 Å². The van der Waals surface area contributed by atoms with E-state index >= 15 is 0 Å². The number of thiazole rings is 1. The van der Waals surface area contributed by atoms with E-state index in [0.717, 1.165) is 24.4 Å². The number of amides is 1. The van der Waals surface area contributed by atoms with Crippen molar-refractivity contribution in [2.45, 2.75) is 52.4 Å². The van der Waals surface area contributed by atoms with Crippen molar-refractivity contribution in [3.63, 3.8) is 0 Å². The van der Waals surface area contributed by atoms with Crippen molar-refractivity contribution in [3.8, 4) is 0 Å². The van der Waals surface area contributed by atoms with Gasteiger partial charge in [-0.1, -0.05) is 13.8 Å². The van der Waals surface area contributed by atoms with Gasteiger partial charge in [0.1, 0.15) is 0 Å². The van der Waals surface area contributed by atoms with Crippen LogP contribution in [0.2, 0.25) is 0 Å². The Hall–Kier alpha value is -0.900. The first kappa shape index (κ1) is 12.6. The van der Waals surface area contributed by atoms with Gasteiger partial charge in [0.2, 0.25) is 5.91 Å². The lowest BCUT2D eigenvalue weighted by Crippen LogP contribution is -2.12. The summed E-state index contributed by atoms with van der Waals surface area (Å²) in [6, 6.07) is 0. The normalized spacial score (nSPS) is 14.8. The maximum absolute atomic E-state index is 11.7. The van der Waals surface area contributed by atoms with E-state index in [9.17, 15) is 4.79 Å². The SMILES string of the molecule is CC(C)CCC(=O)Nc1nc2c(s1)CCCC2. The Morgan fingerprint density at radius 2 is 2.18 bits per heavy atom. The number of hydrogen-bond acceptors (Lipinski definition) is 3. The van der Waals surface area contributed by atoms with E-state index in [1.165, 1.54) is 23.4 Å². The van der Waals surface area contributed by atoms with Crippen LogP contribution in [-0.2, 0) is 17.6 Å². The van der Waals surface area contributed by atoms with Gasteiger partial charge in [0, 0.05) is 11.3 Å². The highest BCUT2D eigenvalue weighted by molar-refractivity contribution is 7.15. The minimum Gasteiger partial charge on any atom is -0.302 e. The van der Waals surface area contributed by atoms with Crippen LogP contribution in [0.15, 0.2) is 0 Å². The first-order chi connectivity index (χ1) is 8.15. The quantitative estimate of drug-likeness (QED) is 0.892. The number of carbonyl (C=O) groups is 1. The summed E-state index contributed by atoms with van der Waals surface area (Å²) in [5, 5.41) is 3.72. The van der Waals surface area contributed by atoms with Gasteiger partial charge in [0.25, 0.3) is 0 Å². The zero-order valence-electron chi connectivity index (χ0n) is 10.6. The molecule has 1 heterocycles. The molecule has 2 rings (SSSR count). The second-order valence-corrected chi connectivity index (χ2v) is 6.16. The smallest absolute Gasteiger partial charge is 0.226 e. The van der Waals surface area contributed by atoms with E-state index in [2.05, 4.69) is 24.1 Å². The number of aryl methyl sites for hydroxylation is 2. The van der Waals surface area contributed by atoms with Crippen LogP contribution in [0.4, 0.5) is 5.13 Å². The maximum Gasteiger partial charge on any atom is 0.226 e. The minimum absolute atomic E-state index is 0.102. The lowest BCUT2D eigenvalue weighted by Gasteiger charge is -2.06. The minimum atomic E-state index is 0.102. The van der Waals surface area contributed by atoms with Gasteiger partial charge in [-0.15, -0.1) is 11.3 Å². The highest BCUT2D eigenvalue weighted by Gasteiger charge is 2.16. The van der Waals surface area contributed by atoms with Crippen molar-refractivity contribution in [3.05, 3.63) is 10.6 Å². The van der Waals surface area contributed by atoms with Crippen molar-refractivity contribution in [1.82, 2.24) is 4.98 Å². The second kappa shape index (κ2) is 5.63. The Balaban J connectivity index is 1.90. The summed E-state index contributed by atoms with van der Waals surface area (Å²) in [6.07, 6.45) is 6.24. The van der Waals surface area contributed by atoms with Crippen molar-refractivity contribution >= 4 is 22.4 Å². The van der Waals surface area contributed by atoms with E-state index in [0.29, 0.717) is 12.3 Å². The maximum atomic E-state index is 11.7. The molecule has 4 heteroatoms. The molecule has 3 nitrogen and oxygen atoms in total. The van der Waals surface area contributed by atoms with Gasteiger partial charge in [-0.2, -0.15) is 0 Å². The molecule has 1 aromatic rings. The fourth-order valence-corrected chi connectivity index (χ4v) is 3.07. The van der Waals surface area contributed by atoms with Crippen LogP contribution in [0, 0.1) is 5.92 Å². The highest BCUT2D eigenvalue weighted by atomic mass is 32.1. The van der Waals surface area contributed by atoms with Crippen molar-refractivity contribution in [2.24, 2.45) is 5.92 Å². The predicted molar refractivity (Wildman–Crippen MR) is 71.5 cm³/mol. The summed E-state index contributed by atoms with van der Waals surface area (Å²) < 4.78 is 0. The number of carbonyl (C=O) groups excluding carboxylic acids is 1. The van der Waals surface area contributed by atoms with E-state index in [1.54, 1.807) is 11.3 Å². The number of nitrogens with one attached hydrogen (secondary N) is 1. The third kappa shape index (κ3) is 3.53. The fourth-order valence-electron chi connectivity index (χ4n) is 2.01. The van der Waals surface area contributed by atoms with Gasteiger partial charge in [0.05, 0.1) is 5.69 Å². The molecular weight excluding hydrogens is 232 g/mol. The summed E-state index contributed by atoms with van der Waals surface area (Å²) in [6.45, 7) is 4.27. The number of rotatable bonds is 4. The highest BCUT2D eigenvalue weighted by Crippen LogP contribution is 2.29. The lowest BCUT2D eigenvalue weighted by atomic mass is 10.0. The Labute approximate surface area is 107 Å². The monoisotopic (exact) mass is 252 g/mol. The summed E-state index contributed by atoms with van der Waals surface area (Å²) >= 11 is 1.65. The van der Waals surface area contributed by atoms with Gasteiger partial charge in [0.15, 0.2) is 5.13 Å². The van der Waals surface area contributed by atoms with Crippen molar-refractivity contribution in [1.29, 1.82) is 0 Å². The molecule has 0 radical (unpaired) electrons. The Kier molecular flexibility index (Phi) is 4.15. The summed E-state index contributed by atoms with van der Waals surface area (Å²) in [7, 11) is 0. The molecule has 1 aliphatic carbocycles. The summed E-state index contributed by atoms with van der Waals surface area (Å²) in [5.41, 5.74) is 1.21. The summed E-state index contributed by atoms with van der Waals surface area (Å²) in [5.74, 6) is 0.676. The lowest BCUT2D eigenvalue weighted by molar-refractivity contribution is -0.116. The molecule has 0 saturated heterocycles. The molecule has 0 aliphatic heterocycles. The number of nitrogens with zero attached hydrogens (tertiary/aromatic N) is 1. The van der Waals surface area contributed by atoms with Gasteiger partial charge in [-0.3, -0.25) is 4.79 Å². The van der Waals surface area contributed by atoms with Crippen LogP contribution < -0.4 is 5.32 Å². The average molecular weight is 252 g/mol. The van der Waals surface area contributed by atoms with Crippen LogP contribution >= 0.6 is 11.3 Å². The molecule has 0 saturated carbocycles. The Bertz CT molecular complexity index is 375. The number of hydrogen-bond donors (Lipinski definition) is 1. The number of aromatic nitrogens is 1. The van der Waals surface area contributed by atoms with E-state index in [1.807, 2.05) is 0 Å². The molecular formula is C13H20N2OS. The van der Waals surface area contributed by atoms with Gasteiger partial charge < -0.3 is 5.32 Å².